The zero-order chi connectivity index (χ0) is 22.2. The number of halogens is 2. The molecule has 1 saturated heterocycles. The van der Waals surface area contributed by atoms with E-state index in [4.69, 9.17) is 4.74 Å². The Kier molecular flexibility index (Phi) is 8.23. The molecule has 0 bridgehead atoms. The van der Waals surface area contributed by atoms with Gasteiger partial charge >= 0.3 is 6.03 Å². The van der Waals surface area contributed by atoms with Gasteiger partial charge in [0.2, 0.25) is 0 Å². The fourth-order valence-corrected chi connectivity index (χ4v) is 3.61. The maximum Gasteiger partial charge on any atom is 0.318 e. The normalized spacial score (nSPS) is 15.0. The largest absolute Gasteiger partial charge is 0.494 e. The second-order valence-corrected chi connectivity index (χ2v) is 8.11. The van der Waals surface area contributed by atoms with E-state index in [9.17, 15) is 13.6 Å². The summed E-state index contributed by atoms with van der Waals surface area (Å²) in [6.07, 6.45) is 2.69. The first kappa shape index (κ1) is 23.0. The number of hydrogen-bond acceptors (Lipinski definition) is 3. The molecule has 2 aromatic rings. The third kappa shape index (κ3) is 6.92. The van der Waals surface area contributed by atoms with Gasteiger partial charge in [0.15, 0.2) is 0 Å². The van der Waals surface area contributed by atoms with Crippen LogP contribution in [-0.4, -0.2) is 48.6 Å². The molecule has 1 fully saturated rings. The van der Waals surface area contributed by atoms with Crippen LogP contribution in [0, 0.1) is 11.6 Å². The SMILES string of the molecule is CCCOc1ccc(CN(Cc2ccc(F)cc2F)C(=O)NC2CCN(C)CC2)cc1. The van der Waals surface area contributed by atoms with Crippen LogP contribution >= 0.6 is 0 Å². The van der Waals surface area contributed by atoms with Crippen LogP contribution < -0.4 is 10.1 Å². The molecule has 2 amide bonds. The van der Waals surface area contributed by atoms with Crippen molar-refractivity contribution in [1.29, 1.82) is 0 Å². The zero-order valence-electron chi connectivity index (χ0n) is 18.2. The van der Waals surface area contributed by atoms with E-state index in [-0.39, 0.29) is 24.2 Å². The van der Waals surface area contributed by atoms with Crippen molar-refractivity contribution in [2.45, 2.75) is 45.3 Å². The van der Waals surface area contributed by atoms with E-state index in [1.54, 1.807) is 4.90 Å². The van der Waals surface area contributed by atoms with E-state index in [0.717, 1.165) is 49.7 Å². The van der Waals surface area contributed by atoms with Crippen LogP contribution in [0.3, 0.4) is 0 Å². The first-order valence-corrected chi connectivity index (χ1v) is 10.8. The highest BCUT2D eigenvalue weighted by molar-refractivity contribution is 5.74. The molecule has 0 atom stereocenters. The topological polar surface area (TPSA) is 44.8 Å². The average Bonchev–Trinajstić information content (AvgIpc) is 2.76. The van der Waals surface area contributed by atoms with Crippen molar-refractivity contribution in [1.82, 2.24) is 15.1 Å². The van der Waals surface area contributed by atoms with Crippen LogP contribution in [0.25, 0.3) is 0 Å². The number of ether oxygens (including phenoxy) is 1. The van der Waals surface area contributed by atoms with Crippen molar-refractivity contribution in [3.63, 3.8) is 0 Å². The molecule has 0 radical (unpaired) electrons. The molecule has 31 heavy (non-hydrogen) atoms. The minimum absolute atomic E-state index is 0.0542. The molecule has 0 aliphatic carbocycles. The standard InChI is InChI=1S/C24H31F2N3O2/c1-3-14-31-22-8-4-18(5-9-22)16-29(17-19-6-7-20(25)15-23(19)26)24(30)27-21-10-12-28(2)13-11-21/h4-9,15,21H,3,10-14,16-17H2,1-2H3,(H,27,30). The average molecular weight is 432 g/mol. The number of nitrogens with one attached hydrogen (secondary N) is 1. The number of piperidine rings is 1. The van der Waals surface area contributed by atoms with Gasteiger partial charge in [0.05, 0.1) is 13.2 Å². The van der Waals surface area contributed by atoms with Gasteiger partial charge in [0.1, 0.15) is 17.4 Å². The van der Waals surface area contributed by atoms with E-state index in [2.05, 4.69) is 17.3 Å². The number of carbonyl (C=O) groups excluding carboxylic acids is 1. The molecule has 2 aromatic carbocycles. The monoisotopic (exact) mass is 431 g/mol. The summed E-state index contributed by atoms with van der Waals surface area (Å²) in [5, 5.41) is 3.09. The van der Waals surface area contributed by atoms with Crippen LogP contribution in [0.15, 0.2) is 42.5 Å². The quantitative estimate of drug-likeness (QED) is 0.667. The molecule has 0 spiro atoms. The van der Waals surface area contributed by atoms with Gasteiger partial charge in [-0.1, -0.05) is 25.1 Å². The summed E-state index contributed by atoms with van der Waals surface area (Å²) in [7, 11) is 2.07. The van der Waals surface area contributed by atoms with Gasteiger partial charge in [-0.15, -0.1) is 0 Å². The van der Waals surface area contributed by atoms with Gasteiger partial charge in [-0.2, -0.15) is 0 Å². The zero-order valence-corrected chi connectivity index (χ0v) is 18.2. The number of likely N-dealkylation sites (tertiary alicyclic amines) is 1. The fourth-order valence-electron chi connectivity index (χ4n) is 3.61. The molecule has 0 unspecified atom stereocenters. The number of hydrogen-bond donors (Lipinski definition) is 1. The van der Waals surface area contributed by atoms with E-state index in [0.29, 0.717) is 13.2 Å². The second-order valence-electron chi connectivity index (χ2n) is 8.11. The van der Waals surface area contributed by atoms with Crippen LogP contribution in [0.2, 0.25) is 0 Å². The molecule has 1 aliphatic heterocycles. The fraction of sp³-hybridized carbons (Fsp3) is 0.458. The maximum atomic E-state index is 14.3. The number of amides is 2. The van der Waals surface area contributed by atoms with Crippen LogP contribution in [-0.2, 0) is 13.1 Å². The Morgan fingerprint density at radius 1 is 1.13 bits per heavy atom. The van der Waals surface area contributed by atoms with Gasteiger partial charge in [-0.25, -0.2) is 13.6 Å². The lowest BCUT2D eigenvalue weighted by molar-refractivity contribution is 0.175. The molecular formula is C24H31F2N3O2. The number of rotatable bonds is 8. The Hall–Kier alpha value is -2.67. The third-order valence-corrected chi connectivity index (χ3v) is 5.48. The molecule has 0 aromatic heterocycles. The lowest BCUT2D eigenvalue weighted by atomic mass is 10.1. The number of nitrogens with zero attached hydrogens (tertiary/aromatic N) is 2. The van der Waals surface area contributed by atoms with Gasteiger partial charge in [-0.3, -0.25) is 0 Å². The number of urea groups is 1. The van der Waals surface area contributed by atoms with Gasteiger partial charge in [-0.05, 0) is 63.2 Å². The Morgan fingerprint density at radius 2 is 1.84 bits per heavy atom. The van der Waals surface area contributed by atoms with Crippen LogP contribution in [0.1, 0.15) is 37.3 Å². The maximum absolute atomic E-state index is 14.3. The first-order valence-electron chi connectivity index (χ1n) is 10.8. The molecule has 5 nitrogen and oxygen atoms in total. The van der Waals surface area contributed by atoms with Gasteiger partial charge in [0, 0.05) is 24.2 Å². The summed E-state index contributed by atoms with van der Waals surface area (Å²) in [4.78, 5) is 16.9. The predicted molar refractivity (Wildman–Crippen MR) is 117 cm³/mol. The second kappa shape index (κ2) is 11.1. The van der Waals surface area contributed by atoms with Crippen molar-refractivity contribution in [2.75, 3.05) is 26.7 Å². The van der Waals surface area contributed by atoms with Crippen molar-refractivity contribution in [2.24, 2.45) is 0 Å². The Morgan fingerprint density at radius 3 is 2.48 bits per heavy atom. The van der Waals surface area contributed by atoms with Gasteiger partial charge < -0.3 is 19.9 Å². The lowest BCUT2D eigenvalue weighted by Gasteiger charge is -2.32. The molecular weight excluding hydrogens is 400 g/mol. The molecule has 3 rings (SSSR count). The van der Waals surface area contributed by atoms with Gasteiger partial charge in [0.25, 0.3) is 0 Å². The predicted octanol–water partition coefficient (Wildman–Crippen LogP) is 4.56. The highest BCUT2D eigenvalue weighted by Gasteiger charge is 2.23. The van der Waals surface area contributed by atoms with Crippen LogP contribution in [0.4, 0.5) is 13.6 Å². The molecule has 0 saturated carbocycles. The first-order chi connectivity index (χ1) is 14.9. The Balaban J connectivity index is 1.72. The van der Waals surface area contributed by atoms with Crippen molar-refractivity contribution >= 4 is 6.03 Å². The molecule has 1 heterocycles. The molecule has 1 N–H and O–H groups in total. The summed E-state index contributed by atoms with van der Waals surface area (Å²) in [6, 6.07) is 10.9. The van der Waals surface area contributed by atoms with E-state index in [1.165, 1.54) is 12.1 Å². The number of carbonyl (C=O) groups is 1. The summed E-state index contributed by atoms with van der Waals surface area (Å²) in [5.74, 6) is -0.510. The molecule has 168 valence electrons. The Labute approximate surface area is 183 Å². The van der Waals surface area contributed by atoms with Crippen molar-refractivity contribution in [3.05, 3.63) is 65.2 Å². The minimum atomic E-state index is -0.652. The third-order valence-electron chi connectivity index (χ3n) is 5.48. The van der Waals surface area contributed by atoms with Crippen molar-refractivity contribution < 1.29 is 18.3 Å². The Bertz CT molecular complexity index is 852. The minimum Gasteiger partial charge on any atom is -0.494 e. The number of benzene rings is 2. The van der Waals surface area contributed by atoms with Crippen LogP contribution in [0.5, 0.6) is 5.75 Å². The van der Waals surface area contributed by atoms with E-state index in [1.807, 2.05) is 31.2 Å². The smallest absolute Gasteiger partial charge is 0.318 e. The lowest BCUT2D eigenvalue weighted by Crippen LogP contribution is -2.48. The van der Waals surface area contributed by atoms with Crippen molar-refractivity contribution in [3.8, 4) is 5.75 Å². The summed E-state index contributed by atoms with van der Waals surface area (Å²) >= 11 is 0. The summed E-state index contributed by atoms with van der Waals surface area (Å²) < 4.78 is 33.2. The highest BCUT2D eigenvalue weighted by atomic mass is 19.1. The summed E-state index contributed by atoms with van der Waals surface area (Å²) in [5.41, 5.74) is 1.19. The van der Waals surface area contributed by atoms with E-state index >= 15 is 0 Å². The highest BCUT2D eigenvalue weighted by Crippen LogP contribution is 2.18. The summed E-state index contributed by atoms with van der Waals surface area (Å²) in [6.45, 7) is 4.91. The molecule has 7 heteroatoms. The van der Waals surface area contributed by atoms with E-state index < -0.39 is 11.6 Å². The molecule has 1 aliphatic rings.